The molecule has 1 amide bonds. The summed E-state index contributed by atoms with van der Waals surface area (Å²) in [5, 5.41) is 3.61. The lowest BCUT2D eigenvalue weighted by Crippen LogP contribution is -2.39. The predicted octanol–water partition coefficient (Wildman–Crippen LogP) is 2.85. The van der Waals surface area contributed by atoms with E-state index in [9.17, 15) is 4.79 Å². The predicted molar refractivity (Wildman–Crippen MR) is 94.4 cm³/mol. The van der Waals surface area contributed by atoms with Crippen LogP contribution in [0.2, 0.25) is 0 Å². The van der Waals surface area contributed by atoms with Crippen molar-refractivity contribution in [3.63, 3.8) is 0 Å². The molecule has 128 valence electrons. The van der Waals surface area contributed by atoms with Crippen molar-refractivity contribution in [1.82, 2.24) is 10.2 Å². The summed E-state index contributed by atoms with van der Waals surface area (Å²) in [7, 11) is 0. The first-order valence-corrected chi connectivity index (χ1v) is 8.35. The standard InChI is InChI=1S/C18H26N2O2.ClH/c1-13-3-6-17(14(2)11-13)22-10-8-18(21)20-9-7-15-4-5-16(12-20)19-15;/h3,6,11,15-16,19H,4-5,7-10,12H2,1-2H3;1H. The Balaban J connectivity index is 0.00000192. The minimum Gasteiger partial charge on any atom is -0.493 e. The molecular formula is C18H27ClN2O2. The van der Waals surface area contributed by atoms with Gasteiger partial charge in [-0.05, 0) is 44.7 Å². The van der Waals surface area contributed by atoms with Crippen LogP contribution in [0.4, 0.5) is 0 Å². The fourth-order valence-electron chi connectivity index (χ4n) is 3.54. The molecule has 1 N–H and O–H groups in total. The van der Waals surface area contributed by atoms with E-state index in [-0.39, 0.29) is 18.3 Å². The Kier molecular flexibility index (Phi) is 6.31. The van der Waals surface area contributed by atoms with E-state index in [0.717, 1.165) is 30.8 Å². The van der Waals surface area contributed by atoms with Crippen molar-refractivity contribution in [2.45, 2.75) is 51.6 Å². The molecular weight excluding hydrogens is 312 g/mol. The Morgan fingerprint density at radius 3 is 2.83 bits per heavy atom. The Bertz CT molecular complexity index is 550. The van der Waals surface area contributed by atoms with Crippen LogP contribution in [0.15, 0.2) is 18.2 Å². The smallest absolute Gasteiger partial charge is 0.226 e. The van der Waals surface area contributed by atoms with Crippen LogP contribution in [0.3, 0.4) is 0 Å². The summed E-state index contributed by atoms with van der Waals surface area (Å²) in [6.45, 7) is 6.32. The van der Waals surface area contributed by atoms with Crippen molar-refractivity contribution < 1.29 is 9.53 Å². The van der Waals surface area contributed by atoms with Gasteiger partial charge in [-0.1, -0.05) is 17.7 Å². The number of carbonyl (C=O) groups is 1. The summed E-state index contributed by atoms with van der Waals surface area (Å²) in [6.07, 6.45) is 4.01. The number of likely N-dealkylation sites (tertiary alicyclic amines) is 1. The van der Waals surface area contributed by atoms with Crippen LogP contribution >= 0.6 is 12.4 Å². The van der Waals surface area contributed by atoms with Gasteiger partial charge in [0.15, 0.2) is 0 Å². The summed E-state index contributed by atoms with van der Waals surface area (Å²) in [5.41, 5.74) is 2.36. The van der Waals surface area contributed by atoms with Gasteiger partial charge in [-0.2, -0.15) is 0 Å². The van der Waals surface area contributed by atoms with Gasteiger partial charge in [-0.15, -0.1) is 12.4 Å². The summed E-state index contributed by atoms with van der Waals surface area (Å²) in [6, 6.07) is 7.26. The number of benzene rings is 1. The van der Waals surface area contributed by atoms with Gasteiger partial charge < -0.3 is 15.0 Å². The highest BCUT2D eigenvalue weighted by molar-refractivity contribution is 5.85. The number of halogens is 1. The second-order valence-corrected chi connectivity index (χ2v) is 6.63. The van der Waals surface area contributed by atoms with Crippen LogP contribution < -0.4 is 10.1 Å². The second kappa shape index (κ2) is 8.02. The molecule has 1 aromatic carbocycles. The van der Waals surface area contributed by atoms with Crippen molar-refractivity contribution >= 4 is 18.3 Å². The third-order valence-corrected chi connectivity index (χ3v) is 4.78. The van der Waals surface area contributed by atoms with E-state index in [2.05, 4.69) is 18.3 Å². The van der Waals surface area contributed by atoms with E-state index in [1.807, 2.05) is 24.0 Å². The third-order valence-electron chi connectivity index (χ3n) is 4.78. The molecule has 0 aliphatic carbocycles. The lowest BCUT2D eigenvalue weighted by molar-refractivity contribution is -0.132. The number of fused-ring (bicyclic) bond motifs is 2. The Morgan fingerprint density at radius 2 is 2.04 bits per heavy atom. The molecule has 2 atom stereocenters. The Labute approximate surface area is 145 Å². The first-order chi connectivity index (χ1) is 10.6. The number of nitrogens with zero attached hydrogens (tertiary/aromatic N) is 1. The van der Waals surface area contributed by atoms with Crippen LogP contribution in [-0.4, -0.2) is 42.6 Å². The van der Waals surface area contributed by atoms with E-state index in [0.29, 0.717) is 25.1 Å². The molecule has 0 aromatic heterocycles. The third kappa shape index (κ3) is 4.61. The molecule has 4 nitrogen and oxygen atoms in total. The lowest BCUT2D eigenvalue weighted by atomic mass is 10.1. The molecule has 2 heterocycles. The van der Waals surface area contributed by atoms with Crippen molar-refractivity contribution in [2.24, 2.45) is 0 Å². The maximum atomic E-state index is 12.4. The maximum Gasteiger partial charge on any atom is 0.226 e. The highest BCUT2D eigenvalue weighted by atomic mass is 35.5. The molecule has 2 unspecified atom stereocenters. The number of aryl methyl sites for hydroxylation is 2. The minimum absolute atomic E-state index is 0. The summed E-state index contributed by atoms with van der Waals surface area (Å²) < 4.78 is 5.78. The van der Waals surface area contributed by atoms with Crippen LogP contribution in [0, 0.1) is 13.8 Å². The average Bonchev–Trinajstić information content (AvgIpc) is 2.80. The normalized spacial score (nSPS) is 23.1. The average molecular weight is 339 g/mol. The Hall–Kier alpha value is -1.26. The van der Waals surface area contributed by atoms with E-state index < -0.39 is 0 Å². The molecule has 2 fully saturated rings. The van der Waals surface area contributed by atoms with E-state index in [1.165, 1.54) is 18.4 Å². The van der Waals surface area contributed by atoms with Gasteiger partial charge in [0.2, 0.25) is 5.91 Å². The SMILES string of the molecule is Cc1ccc(OCCC(=O)N2CCC3CCC(C2)N3)c(C)c1.Cl. The lowest BCUT2D eigenvalue weighted by Gasteiger charge is -2.24. The van der Waals surface area contributed by atoms with Gasteiger partial charge in [0.05, 0.1) is 13.0 Å². The van der Waals surface area contributed by atoms with Gasteiger partial charge >= 0.3 is 0 Å². The van der Waals surface area contributed by atoms with Gasteiger partial charge in [0.25, 0.3) is 0 Å². The molecule has 2 bridgehead atoms. The molecule has 1 aromatic rings. The largest absolute Gasteiger partial charge is 0.493 e. The number of carbonyl (C=O) groups excluding carboxylic acids is 1. The van der Waals surface area contributed by atoms with E-state index >= 15 is 0 Å². The molecule has 2 aliphatic heterocycles. The molecule has 2 aliphatic rings. The molecule has 0 spiro atoms. The van der Waals surface area contributed by atoms with Crippen molar-refractivity contribution in [3.05, 3.63) is 29.3 Å². The van der Waals surface area contributed by atoms with Crippen LogP contribution in [0.5, 0.6) is 5.75 Å². The van der Waals surface area contributed by atoms with Crippen molar-refractivity contribution in [1.29, 1.82) is 0 Å². The summed E-state index contributed by atoms with van der Waals surface area (Å²) >= 11 is 0. The molecule has 0 saturated carbocycles. The van der Waals surface area contributed by atoms with E-state index in [4.69, 9.17) is 4.74 Å². The van der Waals surface area contributed by atoms with E-state index in [1.54, 1.807) is 0 Å². The molecule has 3 rings (SSSR count). The Morgan fingerprint density at radius 1 is 1.26 bits per heavy atom. The number of amides is 1. The number of hydrogen-bond donors (Lipinski definition) is 1. The molecule has 2 saturated heterocycles. The first-order valence-electron chi connectivity index (χ1n) is 8.35. The zero-order valence-electron chi connectivity index (χ0n) is 14.0. The van der Waals surface area contributed by atoms with Crippen LogP contribution in [0.1, 0.15) is 36.8 Å². The van der Waals surface area contributed by atoms with Crippen LogP contribution in [-0.2, 0) is 4.79 Å². The molecule has 23 heavy (non-hydrogen) atoms. The number of ether oxygens (including phenoxy) is 1. The summed E-state index contributed by atoms with van der Waals surface area (Å²) in [5.74, 6) is 1.11. The van der Waals surface area contributed by atoms with Gasteiger partial charge in [0.1, 0.15) is 5.75 Å². The zero-order chi connectivity index (χ0) is 15.5. The molecule has 0 radical (unpaired) electrons. The van der Waals surface area contributed by atoms with Crippen LogP contribution in [0.25, 0.3) is 0 Å². The van der Waals surface area contributed by atoms with Gasteiger partial charge in [-0.25, -0.2) is 0 Å². The van der Waals surface area contributed by atoms with Gasteiger partial charge in [0, 0.05) is 25.2 Å². The topological polar surface area (TPSA) is 41.6 Å². The first kappa shape index (κ1) is 18.1. The minimum atomic E-state index is 0. The maximum absolute atomic E-state index is 12.4. The summed E-state index contributed by atoms with van der Waals surface area (Å²) in [4.78, 5) is 14.4. The zero-order valence-corrected chi connectivity index (χ0v) is 14.8. The number of hydrogen-bond acceptors (Lipinski definition) is 3. The van der Waals surface area contributed by atoms with Crippen molar-refractivity contribution in [3.8, 4) is 5.75 Å². The fraction of sp³-hybridized carbons (Fsp3) is 0.611. The second-order valence-electron chi connectivity index (χ2n) is 6.63. The monoisotopic (exact) mass is 338 g/mol. The van der Waals surface area contributed by atoms with Crippen molar-refractivity contribution in [2.75, 3.05) is 19.7 Å². The quantitative estimate of drug-likeness (QED) is 0.917. The molecule has 5 heteroatoms. The number of nitrogens with one attached hydrogen (secondary N) is 1. The fourth-order valence-corrected chi connectivity index (χ4v) is 3.54. The highest BCUT2D eigenvalue weighted by Crippen LogP contribution is 2.21. The highest BCUT2D eigenvalue weighted by Gasteiger charge is 2.30. The number of rotatable bonds is 4. The van der Waals surface area contributed by atoms with Gasteiger partial charge in [-0.3, -0.25) is 4.79 Å².